The summed E-state index contributed by atoms with van der Waals surface area (Å²) in [4.78, 5) is 4.35. The van der Waals surface area contributed by atoms with Crippen LogP contribution in [0, 0.1) is 0 Å². The third kappa shape index (κ3) is 3.68. The number of anilines is 1. The average molecular weight is 326 g/mol. The third-order valence-corrected chi connectivity index (χ3v) is 3.31. The minimum Gasteiger partial charge on any atom is -0.493 e. The van der Waals surface area contributed by atoms with E-state index >= 15 is 0 Å². The van der Waals surface area contributed by atoms with Gasteiger partial charge in [-0.25, -0.2) is 0 Å². The lowest BCUT2D eigenvalue weighted by molar-refractivity contribution is 0.355. The first-order chi connectivity index (χ1) is 11.7. The highest BCUT2D eigenvalue weighted by molar-refractivity contribution is 5.88. The topological polar surface area (TPSA) is 66.6 Å². The summed E-state index contributed by atoms with van der Waals surface area (Å²) in [6, 6.07) is 12.7. The fourth-order valence-electron chi connectivity index (χ4n) is 2.20. The number of nitrogen functional groups attached to an aromatic ring is 1. The van der Waals surface area contributed by atoms with Gasteiger partial charge in [0.1, 0.15) is 11.5 Å². The first kappa shape index (κ1) is 17.4. The fourth-order valence-corrected chi connectivity index (χ4v) is 2.20. The van der Waals surface area contributed by atoms with Gasteiger partial charge in [-0.3, -0.25) is 4.98 Å². The van der Waals surface area contributed by atoms with Gasteiger partial charge in [-0.2, -0.15) is 0 Å². The summed E-state index contributed by atoms with van der Waals surface area (Å²) in [6.07, 6.45) is 1.70. The van der Waals surface area contributed by atoms with Gasteiger partial charge >= 0.3 is 0 Å². The van der Waals surface area contributed by atoms with E-state index in [1.54, 1.807) is 32.5 Å². The molecule has 0 spiro atoms. The van der Waals surface area contributed by atoms with Crippen molar-refractivity contribution < 1.29 is 14.2 Å². The highest BCUT2D eigenvalue weighted by atomic mass is 16.5. The molecule has 24 heavy (non-hydrogen) atoms. The molecule has 0 radical (unpaired) electrons. The van der Waals surface area contributed by atoms with Gasteiger partial charge in [0.15, 0.2) is 11.5 Å². The van der Waals surface area contributed by atoms with E-state index in [-0.39, 0.29) is 0 Å². The summed E-state index contributed by atoms with van der Waals surface area (Å²) in [5.41, 5.74) is 7.15. The molecule has 0 saturated carbocycles. The number of aromatic nitrogens is 1. The summed E-state index contributed by atoms with van der Waals surface area (Å²) < 4.78 is 16.6. The number of hydrogen-bond acceptors (Lipinski definition) is 5. The quantitative estimate of drug-likeness (QED) is 0.707. The van der Waals surface area contributed by atoms with Crippen LogP contribution in [0.2, 0.25) is 0 Å². The van der Waals surface area contributed by atoms with E-state index < -0.39 is 0 Å². The molecule has 1 heterocycles. The van der Waals surface area contributed by atoms with Gasteiger partial charge in [-0.15, -0.1) is 0 Å². The SMILES string of the molecule is CC.COc1cc2nccc(Oc3ccc(N)cc3)c2cc1OC. The van der Waals surface area contributed by atoms with Gasteiger partial charge in [0.05, 0.1) is 19.7 Å². The molecule has 0 atom stereocenters. The Hall–Kier alpha value is -2.95. The summed E-state index contributed by atoms with van der Waals surface area (Å²) >= 11 is 0. The molecule has 0 amide bonds. The van der Waals surface area contributed by atoms with Gasteiger partial charge in [0.25, 0.3) is 0 Å². The van der Waals surface area contributed by atoms with Crippen LogP contribution < -0.4 is 19.9 Å². The van der Waals surface area contributed by atoms with Crippen molar-refractivity contribution >= 4 is 16.6 Å². The number of nitrogens with zero attached hydrogens (tertiary/aromatic N) is 1. The fraction of sp³-hybridized carbons (Fsp3) is 0.211. The molecule has 5 heteroatoms. The molecule has 3 rings (SSSR count). The normalized spacial score (nSPS) is 9.83. The van der Waals surface area contributed by atoms with Gasteiger partial charge < -0.3 is 19.9 Å². The van der Waals surface area contributed by atoms with Crippen LogP contribution in [-0.4, -0.2) is 19.2 Å². The Bertz CT molecular complexity index is 802. The maximum Gasteiger partial charge on any atom is 0.162 e. The molecule has 0 aliphatic carbocycles. The maximum absolute atomic E-state index is 5.93. The van der Waals surface area contributed by atoms with Crippen LogP contribution in [0.5, 0.6) is 23.0 Å². The summed E-state index contributed by atoms with van der Waals surface area (Å²) in [6.45, 7) is 4.00. The van der Waals surface area contributed by atoms with Crippen molar-refractivity contribution in [3.8, 4) is 23.0 Å². The Labute approximate surface area is 142 Å². The van der Waals surface area contributed by atoms with Crippen LogP contribution in [0.1, 0.15) is 13.8 Å². The van der Waals surface area contributed by atoms with E-state index in [1.165, 1.54) is 0 Å². The lowest BCUT2D eigenvalue weighted by atomic mass is 10.2. The smallest absolute Gasteiger partial charge is 0.162 e. The van der Waals surface area contributed by atoms with Gasteiger partial charge in [0, 0.05) is 23.3 Å². The number of methoxy groups -OCH3 is 2. The Kier molecular flexibility index (Phi) is 5.84. The van der Waals surface area contributed by atoms with Crippen molar-refractivity contribution in [2.24, 2.45) is 0 Å². The number of rotatable bonds is 4. The maximum atomic E-state index is 5.93. The zero-order valence-corrected chi connectivity index (χ0v) is 14.4. The van der Waals surface area contributed by atoms with E-state index in [2.05, 4.69) is 4.98 Å². The van der Waals surface area contributed by atoms with Crippen LogP contribution in [0.4, 0.5) is 5.69 Å². The van der Waals surface area contributed by atoms with E-state index in [0.29, 0.717) is 28.7 Å². The number of benzene rings is 2. The molecule has 0 fully saturated rings. The highest BCUT2D eigenvalue weighted by Crippen LogP contribution is 2.36. The van der Waals surface area contributed by atoms with Crippen LogP contribution in [0.3, 0.4) is 0 Å². The van der Waals surface area contributed by atoms with E-state index in [1.807, 2.05) is 44.2 Å². The Morgan fingerprint density at radius 2 is 1.46 bits per heavy atom. The molecule has 5 nitrogen and oxygen atoms in total. The summed E-state index contributed by atoms with van der Waals surface area (Å²) in [7, 11) is 3.19. The average Bonchev–Trinajstić information content (AvgIpc) is 2.64. The molecule has 0 aliphatic heterocycles. The number of fused-ring (bicyclic) bond motifs is 1. The van der Waals surface area contributed by atoms with Crippen molar-refractivity contribution in [1.82, 2.24) is 4.98 Å². The standard InChI is InChI=1S/C17H16N2O3.C2H6/c1-20-16-9-13-14(10-17(16)21-2)19-8-7-15(13)22-12-5-3-11(18)4-6-12;1-2/h3-10H,18H2,1-2H3;1-2H3. The Morgan fingerprint density at radius 3 is 2.08 bits per heavy atom. The second-order valence-electron chi connectivity index (χ2n) is 4.70. The monoisotopic (exact) mass is 326 g/mol. The van der Waals surface area contributed by atoms with E-state index in [0.717, 1.165) is 10.9 Å². The molecule has 0 aliphatic rings. The van der Waals surface area contributed by atoms with Crippen LogP contribution in [0.15, 0.2) is 48.7 Å². The lowest BCUT2D eigenvalue weighted by Crippen LogP contribution is -1.93. The van der Waals surface area contributed by atoms with Crippen molar-refractivity contribution in [2.75, 3.05) is 20.0 Å². The molecule has 0 bridgehead atoms. The number of ether oxygens (including phenoxy) is 3. The highest BCUT2D eigenvalue weighted by Gasteiger charge is 2.11. The summed E-state index contributed by atoms with van der Waals surface area (Å²) in [5.74, 6) is 2.66. The molecule has 0 saturated heterocycles. The van der Waals surface area contributed by atoms with E-state index in [4.69, 9.17) is 19.9 Å². The number of hydrogen-bond donors (Lipinski definition) is 1. The Morgan fingerprint density at radius 1 is 0.833 bits per heavy atom. The molecule has 2 aromatic carbocycles. The molecular weight excluding hydrogens is 304 g/mol. The predicted octanol–water partition coefficient (Wildman–Crippen LogP) is 4.65. The molecular formula is C19H22N2O3. The minimum atomic E-state index is 0.630. The lowest BCUT2D eigenvalue weighted by Gasteiger charge is -2.12. The van der Waals surface area contributed by atoms with E-state index in [9.17, 15) is 0 Å². The van der Waals surface area contributed by atoms with Crippen molar-refractivity contribution in [3.05, 3.63) is 48.7 Å². The first-order valence-electron chi connectivity index (χ1n) is 7.75. The van der Waals surface area contributed by atoms with Crippen LogP contribution >= 0.6 is 0 Å². The molecule has 0 unspecified atom stereocenters. The van der Waals surface area contributed by atoms with Gasteiger partial charge in [-0.1, -0.05) is 13.8 Å². The van der Waals surface area contributed by atoms with Gasteiger partial charge in [-0.05, 0) is 36.4 Å². The molecule has 1 aromatic heterocycles. The zero-order valence-electron chi connectivity index (χ0n) is 14.4. The van der Waals surface area contributed by atoms with Crippen molar-refractivity contribution in [2.45, 2.75) is 13.8 Å². The number of pyridine rings is 1. The second kappa shape index (κ2) is 8.06. The molecule has 3 aromatic rings. The zero-order chi connectivity index (χ0) is 17.5. The van der Waals surface area contributed by atoms with Crippen LogP contribution in [-0.2, 0) is 0 Å². The van der Waals surface area contributed by atoms with Crippen LogP contribution in [0.25, 0.3) is 10.9 Å². The Balaban J connectivity index is 0.00000100. The predicted molar refractivity (Wildman–Crippen MR) is 97.1 cm³/mol. The van der Waals surface area contributed by atoms with Crippen molar-refractivity contribution in [3.63, 3.8) is 0 Å². The van der Waals surface area contributed by atoms with Gasteiger partial charge in [0.2, 0.25) is 0 Å². The third-order valence-electron chi connectivity index (χ3n) is 3.31. The second-order valence-corrected chi connectivity index (χ2v) is 4.70. The minimum absolute atomic E-state index is 0.630. The molecule has 2 N–H and O–H groups in total. The van der Waals surface area contributed by atoms with Crippen molar-refractivity contribution in [1.29, 1.82) is 0 Å². The first-order valence-corrected chi connectivity index (χ1v) is 7.75. The molecule has 126 valence electrons. The number of nitrogens with two attached hydrogens (primary N) is 1. The largest absolute Gasteiger partial charge is 0.493 e. The summed E-state index contributed by atoms with van der Waals surface area (Å²) in [5, 5.41) is 0.844.